The molecule has 0 aliphatic rings. The Morgan fingerprint density at radius 3 is 2.52 bits per heavy atom. The van der Waals surface area contributed by atoms with E-state index in [2.05, 4.69) is 10.1 Å². The van der Waals surface area contributed by atoms with Gasteiger partial charge in [-0.25, -0.2) is 14.3 Å². The SMILES string of the molecule is COC(=O)c1c(-c2ccc([N+](=O)[O-])cc2)nc2c3ccccc3nn2c1C. The van der Waals surface area contributed by atoms with E-state index < -0.39 is 10.9 Å². The van der Waals surface area contributed by atoms with Gasteiger partial charge in [-0.05, 0) is 31.2 Å². The molecule has 0 unspecified atom stereocenters. The number of esters is 1. The van der Waals surface area contributed by atoms with Crippen LogP contribution in [0.25, 0.3) is 27.8 Å². The number of hydrogen-bond donors (Lipinski definition) is 0. The average molecular weight is 362 g/mol. The molecule has 2 aromatic carbocycles. The summed E-state index contributed by atoms with van der Waals surface area (Å²) in [5.41, 5.74) is 3.15. The molecular weight excluding hydrogens is 348 g/mol. The van der Waals surface area contributed by atoms with Crippen LogP contribution in [0.15, 0.2) is 48.5 Å². The molecule has 8 heteroatoms. The van der Waals surface area contributed by atoms with Gasteiger partial charge in [-0.2, -0.15) is 5.10 Å². The first-order valence-corrected chi connectivity index (χ1v) is 8.12. The highest BCUT2D eigenvalue weighted by molar-refractivity contribution is 6.00. The Morgan fingerprint density at radius 1 is 1.15 bits per heavy atom. The lowest BCUT2D eigenvalue weighted by Gasteiger charge is -2.12. The van der Waals surface area contributed by atoms with E-state index in [9.17, 15) is 14.9 Å². The summed E-state index contributed by atoms with van der Waals surface area (Å²) in [5, 5.41) is 16.3. The molecule has 0 amide bonds. The van der Waals surface area contributed by atoms with E-state index in [0.29, 0.717) is 22.6 Å². The molecule has 0 aliphatic carbocycles. The lowest BCUT2D eigenvalue weighted by molar-refractivity contribution is -0.384. The Hall–Kier alpha value is -3.81. The number of methoxy groups -OCH3 is 1. The first kappa shape index (κ1) is 16.6. The normalized spacial score (nSPS) is 11.0. The van der Waals surface area contributed by atoms with Gasteiger partial charge in [-0.15, -0.1) is 0 Å². The van der Waals surface area contributed by atoms with E-state index in [1.54, 1.807) is 23.6 Å². The first-order valence-electron chi connectivity index (χ1n) is 8.12. The van der Waals surface area contributed by atoms with Crippen LogP contribution in [0, 0.1) is 17.0 Å². The minimum atomic E-state index is -0.546. The Kier molecular flexibility index (Phi) is 3.80. The summed E-state index contributed by atoms with van der Waals surface area (Å²) in [6.07, 6.45) is 0. The van der Waals surface area contributed by atoms with Crippen LogP contribution in [-0.2, 0) is 4.74 Å². The maximum atomic E-state index is 12.5. The fourth-order valence-corrected chi connectivity index (χ4v) is 3.10. The molecule has 0 N–H and O–H groups in total. The molecule has 0 saturated heterocycles. The Bertz CT molecular complexity index is 1210. The highest BCUT2D eigenvalue weighted by Crippen LogP contribution is 2.30. The van der Waals surface area contributed by atoms with Crippen LogP contribution < -0.4 is 0 Å². The fourth-order valence-electron chi connectivity index (χ4n) is 3.10. The van der Waals surface area contributed by atoms with Gasteiger partial charge in [0.25, 0.3) is 5.69 Å². The van der Waals surface area contributed by atoms with E-state index in [-0.39, 0.29) is 11.3 Å². The third-order valence-corrected chi connectivity index (χ3v) is 4.43. The Balaban J connectivity index is 2.06. The highest BCUT2D eigenvalue weighted by atomic mass is 16.6. The second-order valence-electron chi connectivity index (χ2n) is 5.97. The van der Waals surface area contributed by atoms with Gasteiger partial charge in [0.1, 0.15) is 5.56 Å². The minimum Gasteiger partial charge on any atom is -0.465 e. The average Bonchev–Trinajstić information content (AvgIpc) is 3.06. The van der Waals surface area contributed by atoms with Crippen molar-refractivity contribution in [1.82, 2.24) is 14.6 Å². The van der Waals surface area contributed by atoms with Crippen molar-refractivity contribution in [3.05, 3.63) is 69.9 Å². The van der Waals surface area contributed by atoms with Gasteiger partial charge < -0.3 is 4.74 Å². The maximum absolute atomic E-state index is 12.5. The van der Waals surface area contributed by atoms with Gasteiger partial charge in [0.15, 0.2) is 5.65 Å². The zero-order valence-electron chi connectivity index (χ0n) is 14.5. The molecule has 0 atom stereocenters. The first-order chi connectivity index (χ1) is 13.0. The predicted octanol–water partition coefficient (Wildman–Crippen LogP) is 3.55. The maximum Gasteiger partial charge on any atom is 0.341 e. The van der Waals surface area contributed by atoms with Crippen LogP contribution in [0.4, 0.5) is 5.69 Å². The van der Waals surface area contributed by atoms with Crippen LogP contribution in [0.3, 0.4) is 0 Å². The summed E-state index contributed by atoms with van der Waals surface area (Å²) in [5.74, 6) is -0.546. The zero-order valence-corrected chi connectivity index (χ0v) is 14.5. The number of fused-ring (bicyclic) bond motifs is 3. The van der Waals surface area contributed by atoms with E-state index in [1.807, 2.05) is 24.3 Å². The van der Waals surface area contributed by atoms with Crippen molar-refractivity contribution in [3.8, 4) is 11.3 Å². The fraction of sp³-hybridized carbons (Fsp3) is 0.105. The number of carbonyl (C=O) groups is 1. The summed E-state index contributed by atoms with van der Waals surface area (Å²) in [4.78, 5) is 27.6. The number of rotatable bonds is 3. The smallest absolute Gasteiger partial charge is 0.341 e. The van der Waals surface area contributed by atoms with Crippen LogP contribution in [-0.4, -0.2) is 32.6 Å². The number of benzene rings is 2. The third kappa shape index (κ3) is 2.58. The number of non-ortho nitro benzene ring substituents is 1. The standard InChI is InChI=1S/C19H14N4O4/c1-11-16(19(24)27-2)17(12-7-9-13(10-8-12)23(25)26)20-18-14-5-3-4-6-15(14)21-22(11)18/h3-10H,1-2H3. The van der Waals surface area contributed by atoms with Crippen LogP contribution in [0.1, 0.15) is 16.1 Å². The lowest BCUT2D eigenvalue weighted by atomic mass is 10.0. The molecule has 27 heavy (non-hydrogen) atoms. The minimum absolute atomic E-state index is 0.0361. The van der Waals surface area contributed by atoms with Crippen molar-refractivity contribution in [2.45, 2.75) is 6.92 Å². The molecule has 0 aliphatic heterocycles. The molecule has 4 aromatic rings. The van der Waals surface area contributed by atoms with Gasteiger partial charge in [0.2, 0.25) is 0 Å². The molecule has 2 heterocycles. The van der Waals surface area contributed by atoms with E-state index in [1.165, 1.54) is 19.2 Å². The second kappa shape index (κ2) is 6.17. The van der Waals surface area contributed by atoms with Crippen molar-refractivity contribution in [2.75, 3.05) is 7.11 Å². The Morgan fingerprint density at radius 2 is 1.85 bits per heavy atom. The number of nitro benzene ring substituents is 1. The summed E-state index contributed by atoms with van der Waals surface area (Å²) in [6.45, 7) is 1.77. The molecule has 8 nitrogen and oxygen atoms in total. The zero-order chi connectivity index (χ0) is 19.1. The van der Waals surface area contributed by atoms with E-state index in [0.717, 1.165) is 10.9 Å². The molecule has 0 saturated carbocycles. The number of hydrogen-bond acceptors (Lipinski definition) is 6. The van der Waals surface area contributed by atoms with Gasteiger partial charge in [-0.3, -0.25) is 10.1 Å². The number of aromatic nitrogens is 3. The van der Waals surface area contributed by atoms with Crippen LogP contribution >= 0.6 is 0 Å². The van der Waals surface area contributed by atoms with Gasteiger partial charge >= 0.3 is 5.97 Å². The second-order valence-corrected chi connectivity index (χ2v) is 5.97. The number of nitro groups is 1. The molecular formula is C19H14N4O4. The highest BCUT2D eigenvalue weighted by Gasteiger charge is 2.23. The molecule has 0 bridgehead atoms. The van der Waals surface area contributed by atoms with Crippen LogP contribution in [0.5, 0.6) is 0 Å². The lowest BCUT2D eigenvalue weighted by Crippen LogP contribution is -2.12. The predicted molar refractivity (Wildman–Crippen MR) is 98.7 cm³/mol. The molecule has 134 valence electrons. The Labute approximate surface area is 153 Å². The number of aryl methyl sites for hydroxylation is 1. The topological polar surface area (TPSA) is 99.6 Å². The third-order valence-electron chi connectivity index (χ3n) is 4.43. The monoisotopic (exact) mass is 362 g/mol. The summed E-state index contributed by atoms with van der Waals surface area (Å²) in [6, 6.07) is 13.4. The summed E-state index contributed by atoms with van der Waals surface area (Å²) in [7, 11) is 1.30. The van der Waals surface area contributed by atoms with Crippen molar-refractivity contribution in [2.24, 2.45) is 0 Å². The van der Waals surface area contributed by atoms with Crippen LogP contribution in [0.2, 0.25) is 0 Å². The molecule has 4 rings (SSSR count). The largest absolute Gasteiger partial charge is 0.465 e. The van der Waals surface area contributed by atoms with Crippen molar-refractivity contribution >= 4 is 28.2 Å². The summed E-state index contributed by atoms with van der Waals surface area (Å²) < 4.78 is 6.55. The van der Waals surface area contributed by atoms with Crippen molar-refractivity contribution in [3.63, 3.8) is 0 Å². The van der Waals surface area contributed by atoms with Crippen molar-refractivity contribution in [1.29, 1.82) is 0 Å². The van der Waals surface area contributed by atoms with E-state index in [4.69, 9.17) is 4.74 Å². The molecule has 0 spiro atoms. The molecule has 0 fully saturated rings. The molecule has 0 radical (unpaired) electrons. The van der Waals surface area contributed by atoms with Gasteiger partial charge in [0.05, 0.1) is 28.9 Å². The quantitative estimate of drug-likeness (QED) is 0.314. The van der Waals surface area contributed by atoms with Gasteiger partial charge in [-0.1, -0.05) is 12.1 Å². The van der Waals surface area contributed by atoms with Crippen molar-refractivity contribution < 1.29 is 14.5 Å². The summed E-state index contributed by atoms with van der Waals surface area (Å²) >= 11 is 0. The van der Waals surface area contributed by atoms with Gasteiger partial charge in [0, 0.05) is 23.1 Å². The number of nitrogens with zero attached hydrogens (tertiary/aromatic N) is 4. The number of ether oxygens (including phenoxy) is 1. The number of carbonyl (C=O) groups excluding carboxylic acids is 1. The molecule has 2 aromatic heterocycles. The van der Waals surface area contributed by atoms with E-state index >= 15 is 0 Å².